The average molecular weight is 401 g/mol. The van der Waals surface area contributed by atoms with E-state index in [1.165, 1.54) is 19.3 Å². The minimum Gasteiger partial charge on any atom is -0.423 e. The molecule has 6 nitrogen and oxygen atoms in total. The van der Waals surface area contributed by atoms with Gasteiger partial charge in [-0.3, -0.25) is 0 Å². The molecule has 0 spiro atoms. The van der Waals surface area contributed by atoms with Crippen LogP contribution in [0.1, 0.15) is 68.7 Å². The Morgan fingerprint density at radius 1 is 1.32 bits per heavy atom. The van der Waals surface area contributed by atoms with E-state index in [-0.39, 0.29) is 12.1 Å². The topological polar surface area (TPSA) is 71.3 Å². The van der Waals surface area contributed by atoms with Crippen molar-refractivity contribution in [3.8, 4) is 0 Å². The predicted molar refractivity (Wildman–Crippen MR) is 106 cm³/mol. The van der Waals surface area contributed by atoms with E-state index < -0.39 is 5.54 Å². The Balaban J connectivity index is 1.40. The summed E-state index contributed by atoms with van der Waals surface area (Å²) >= 11 is 6.39. The number of hydrogen-bond acceptors (Lipinski definition) is 4. The molecule has 28 heavy (non-hydrogen) atoms. The van der Waals surface area contributed by atoms with Gasteiger partial charge >= 0.3 is 6.03 Å². The second-order valence-electron chi connectivity index (χ2n) is 8.73. The quantitative estimate of drug-likeness (QED) is 0.765. The summed E-state index contributed by atoms with van der Waals surface area (Å²) in [6, 6.07) is 5.92. The molecular formula is C21H25ClN4O2. The van der Waals surface area contributed by atoms with Crippen LogP contribution in [0.2, 0.25) is 5.02 Å². The van der Waals surface area contributed by atoms with E-state index >= 15 is 0 Å². The summed E-state index contributed by atoms with van der Waals surface area (Å²) in [5.74, 6) is 2.14. The van der Waals surface area contributed by atoms with Gasteiger partial charge in [-0.15, -0.1) is 10.2 Å². The molecule has 1 saturated heterocycles. The van der Waals surface area contributed by atoms with Crippen molar-refractivity contribution in [2.24, 2.45) is 5.92 Å². The lowest BCUT2D eigenvalue weighted by Gasteiger charge is -2.61. The first kappa shape index (κ1) is 18.0. The first-order valence-corrected chi connectivity index (χ1v) is 10.5. The van der Waals surface area contributed by atoms with Crippen molar-refractivity contribution in [1.82, 2.24) is 15.1 Å². The number of halogens is 1. The van der Waals surface area contributed by atoms with Crippen LogP contribution in [0.5, 0.6) is 0 Å². The molecule has 0 radical (unpaired) electrons. The lowest BCUT2D eigenvalue weighted by Crippen LogP contribution is -2.70. The van der Waals surface area contributed by atoms with Crippen LogP contribution < -0.4 is 5.32 Å². The van der Waals surface area contributed by atoms with Gasteiger partial charge in [-0.2, -0.15) is 0 Å². The summed E-state index contributed by atoms with van der Waals surface area (Å²) in [6.07, 6.45) is 6.34. The Morgan fingerprint density at radius 2 is 2.14 bits per heavy atom. The molecule has 2 heterocycles. The maximum Gasteiger partial charge on any atom is 0.322 e. The van der Waals surface area contributed by atoms with E-state index in [2.05, 4.69) is 22.4 Å². The third-order valence-corrected chi connectivity index (χ3v) is 7.04. The van der Waals surface area contributed by atoms with Gasteiger partial charge in [-0.1, -0.05) is 24.9 Å². The summed E-state index contributed by atoms with van der Waals surface area (Å²) < 4.78 is 5.77. The van der Waals surface area contributed by atoms with Crippen LogP contribution in [0.15, 0.2) is 22.6 Å². The van der Waals surface area contributed by atoms with E-state index in [4.69, 9.17) is 16.0 Å². The van der Waals surface area contributed by atoms with Crippen molar-refractivity contribution in [3.63, 3.8) is 0 Å². The summed E-state index contributed by atoms with van der Waals surface area (Å²) in [5.41, 5.74) is 1.47. The van der Waals surface area contributed by atoms with E-state index in [1.54, 1.807) is 6.92 Å². The molecule has 2 amide bonds. The molecule has 148 valence electrons. The smallest absolute Gasteiger partial charge is 0.322 e. The Hall–Kier alpha value is -2.08. The number of piperidine rings is 1. The molecule has 5 rings (SSSR count). The first-order valence-electron chi connectivity index (χ1n) is 10.2. The average Bonchev–Trinajstić information content (AvgIpc) is 3.02. The van der Waals surface area contributed by atoms with Crippen LogP contribution in [0, 0.1) is 12.8 Å². The van der Waals surface area contributed by atoms with Gasteiger partial charge in [0, 0.05) is 30.1 Å². The number of anilines is 1. The number of amides is 2. The van der Waals surface area contributed by atoms with E-state index in [0.717, 1.165) is 35.5 Å². The van der Waals surface area contributed by atoms with Gasteiger partial charge in [0.2, 0.25) is 11.8 Å². The highest BCUT2D eigenvalue weighted by atomic mass is 35.5. The maximum atomic E-state index is 13.2. The van der Waals surface area contributed by atoms with Crippen molar-refractivity contribution < 1.29 is 9.21 Å². The number of fused-ring (bicyclic) bond motifs is 2. The summed E-state index contributed by atoms with van der Waals surface area (Å²) in [7, 11) is 0. The van der Waals surface area contributed by atoms with Gasteiger partial charge in [-0.05, 0) is 61.3 Å². The monoisotopic (exact) mass is 400 g/mol. The van der Waals surface area contributed by atoms with Crippen LogP contribution >= 0.6 is 11.6 Å². The van der Waals surface area contributed by atoms with Gasteiger partial charge in [-0.25, -0.2) is 4.79 Å². The molecule has 7 heteroatoms. The van der Waals surface area contributed by atoms with Crippen molar-refractivity contribution >= 4 is 23.3 Å². The fraction of sp³-hybridized carbons (Fsp3) is 0.571. The van der Waals surface area contributed by atoms with Crippen molar-refractivity contribution in [3.05, 3.63) is 40.6 Å². The van der Waals surface area contributed by atoms with Crippen LogP contribution in [0.25, 0.3) is 0 Å². The van der Waals surface area contributed by atoms with Crippen molar-refractivity contribution in [2.45, 2.75) is 69.9 Å². The number of nitrogens with zero attached hydrogens (tertiary/aromatic N) is 3. The molecule has 2 bridgehead atoms. The lowest BCUT2D eigenvalue weighted by atomic mass is 9.64. The number of aromatic nitrogens is 2. The fourth-order valence-corrected chi connectivity index (χ4v) is 5.54. The fourth-order valence-electron chi connectivity index (χ4n) is 5.27. The second kappa shape index (κ2) is 6.48. The third kappa shape index (κ3) is 2.72. The first-order chi connectivity index (χ1) is 13.5. The summed E-state index contributed by atoms with van der Waals surface area (Å²) in [5, 5.41) is 12.2. The Bertz CT molecular complexity index is 925. The molecule has 2 aromatic rings. The number of nitrogens with one attached hydrogen (secondary N) is 1. The molecule has 3 unspecified atom stereocenters. The SMILES string of the molecule is Cc1nnc(C23CC(C)CC(C2)N3C(=O)Nc2ccc(Cl)c(C3CCC3)c2)o1. The largest absolute Gasteiger partial charge is 0.423 e. The van der Waals surface area contributed by atoms with Gasteiger partial charge in [0.05, 0.1) is 0 Å². The molecule has 1 aromatic carbocycles. The number of benzene rings is 1. The zero-order chi connectivity index (χ0) is 19.5. The van der Waals surface area contributed by atoms with Crippen LogP contribution in [0.3, 0.4) is 0 Å². The Kier molecular flexibility index (Phi) is 4.16. The van der Waals surface area contributed by atoms with Crippen molar-refractivity contribution in [1.29, 1.82) is 0 Å². The Labute approximate surface area is 169 Å². The van der Waals surface area contributed by atoms with E-state index in [1.807, 2.05) is 23.1 Å². The lowest BCUT2D eigenvalue weighted by molar-refractivity contribution is -0.110. The van der Waals surface area contributed by atoms with Gasteiger partial charge in [0.1, 0.15) is 5.54 Å². The standard InChI is InChI=1S/C21H25ClN4O2/c1-12-8-16-11-21(10-12,19-25-24-13(2)28-19)26(16)20(27)23-15-6-7-18(22)17(9-15)14-4-3-5-14/h6-7,9,12,14,16H,3-5,8,10-11H2,1-2H3,(H,23,27). The van der Waals surface area contributed by atoms with Crippen molar-refractivity contribution in [2.75, 3.05) is 5.32 Å². The third-order valence-electron chi connectivity index (χ3n) is 6.70. The van der Waals surface area contributed by atoms with Crippen LogP contribution in [-0.2, 0) is 5.54 Å². The molecule has 1 aromatic heterocycles. The highest BCUT2D eigenvalue weighted by molar-refractivity contribution is 6.31. The number of rotatable bonds is 3. The molecule has 3 atom stereocenters. The molecule has 3 aliphatic rings. The zero-order valence-corrected chi connectivity index (χ0v) is 17.0. The molecule has 1 aliphatic heterocycles. The molecule has 3 fully saturated rings. The highest BCUT2D eigenvalue weighted by Crippen LogP contribution is 2.55. The van der Waals surface area contributed by atoms with Gasteiger partial charge in [0.25, 0.3) is 0 Å². The predicted octanol–water partition coefficient (Wildman–Crippen LogP) is 5.23. The van der Waals surface area contributed by atoms with Crippen LogP contribution in [0.4, 0.5) is 10.5 Å². The number of carbonyl (C=O) groups is 1. The Morgan fingerprint density at radius 3 is 2.82 bits per heavy atom. The minimum absolute atomic E-state index is 0.0964. The number of likely N-dealkylation sites (tertiary alicyclic amines) is 1. The van der Waals surface area contributed by atoms with Crippen LogP contribution in [-0.4, -0.2) is 27.2 Å². The van der Waals surface area contributed by atoms with Gasteiger partial charge < -0.3 is 14.6 Å². The highest BCUT2D eigenvalue weighted by Gasteiger charge is 2.62. The van der Waals surface area contributed by atoms with Gasteiger partial charge in [0.15, 0.2) is 0 Å². The number of urea groups is 1. The maximum absolute atomic E-state index is 13.2. The normalized spacial score (nSPS) is 29.2. The van der Waals surface area contributed by atoms with E-state index in [9.17, 15) is 4.79 Å². The second-order valence-corrected chi connectivity index (χ2v) is 9.13. The summed E-state index contributed by atoms with van der Waals surface area (Å²) in [4.78, 5) is 15.2. The zero-order valence-electron chi connectivity index (χ0n) is 16.2. The molecule has 2 aliphatic carbocycles. The molecule has 2 saturated carbocycles. The molecular weight excluding hydrogens is 376 g/mol. The molecule has 1 N–H and O–H groups in total. The minimum atomic E-state index is -0.475. The number of hydrogen-bond donors (Lipinski definition) is 1. The number of carbonyl (C=O) groups excluding carboxylic acids is 1. The summed E-state index contributed by atoms with van der Waals surface area (Å²) in [6.45, 7) is 4.01. The number of aryl methyl sites for hydroxylation is 1. The van der Waals surface area contributed by atoms with E-state index in [0.29, 0.717) is 23.6 Å².